The molecule has 1 rings (SSSR count). The van der Waals surface area contributed by atoms with Gasteiger partial charge in [0.05, 0.1) is 0 Å². The summed E-state index contributed by atoms with van der Waals surface area (Å²) in [6.45, 7) is 7.06. The van der Waals surface area contributed by atoms with E-state index in [9.17, 15) is 4.79 Å². The number of halogens is 3. The second kappa shape index (κ2) is 11.4. The van der Waals surface area contributed by atoms with Crippen molar-refractivity contribution in [3.8, 4) is 5.75 Å². The summed E-state index contributed by atoms with van der Waals surface area (Å²) in [4.78, 5) is 12.5. The monoisotopic (exact) mass is 424 g/mol. The van der Waals surface area contributed by atoms with Gasteiger partial charge in [0.15, 0.2) is 11.3 Å². The van der Waals surface area contributed by atoms with Crippen LogP contribution in [0.4, 0.5) is 0 Å². The Hall–Kier alpha value is -0.520. The molecule has 1 aromatic carbocycles. The molecule has 0 amide bonds. The van der Waals surface area contributed by atoms with Gasteiger partial charge in [0, 0.05) is 13.3 Å². The van der Waals surface area contributed by atoms with Gasteiger partial charge in [0.1, 0.15) is 16.9 Å². The number of benzene rings is 1. The van der Waals surface area contributed by atoms with Crippen LogP contribution in [0.25, 0.3) is 0 Å². The van der Waals surface area contributed by atoms with Crippen LogP contribution in [-0.2, 0) is 20.7 Å². The van der Waals surface area contributed by atoms with Crippen LogP contribution in [0.1, 0.15) is 52.5 Å². The second-order valence-electron chi connectivity index (χ2n) is 5.94. The van der Waals surface area contributed by atoms with Gasteiger partial charge in [0.2, 0.25) is 5.79 Å². The van der Waals surface area contributed by atoms with Crippen LogP contribution in [0.2, 0.25) is 0 Å². The zero-order chi connectivity index (χ0) is 19.7. The first-order chi connectivity index (χ1) is 12.3. The molecule has 1 aromatic rings. The number of ketones is 1. The quantitative estimate of drug-likeness (QED) is 0.311. The van der Waals surface area contributed by atoms with E-state index < -0.39 is 22.5 Å². The Morgan fingerprint density at radius 3 is 2.00 bits per heavy atom. The average molecular weight is 426 g/mol. The van der Waals surface area contributed by atoms with Gasteiger partial charge in [0.25, 0.3) is 0 Å². The smallest absolute Gasteiger partial charge is 0.235 e. The lowest BCUT2D eigenvalue weighted by atomic mass is 10.0. The van der Waals surface area contributed by atoms with E-state index in [2.05, 4.69) is 0 Å². The molecular formula is C19H27Cl3O4. The van der Waals surface area contributed by atoms with Crippen molar-refractivity contribution in [3.63, 3.8) is 0 Å². The summed E-state index contributed by atoms with van der Waals surface area (Å²) in [5, 5.41) is 0. The molecule has 0 aliphatic heterocycles. The lowest BCUT2D eigenvalue weighted by Crippen LogP contribution is -2.48. The first-order valence-corrected chi connectivity index (χ1v) is 10.1. The highest BCUT2D eigenvalue weighted by molar-refractivity contribution is 6.20. The predicted octanol–water partition coefficient (Wildman–Crippen LogP) is 5.85. The number of alkyl halides is 3. The Morgan fingerprint density at radius 2 is 1.54 bits per heavy atom. The van der Waals surface area contributed by atoms with Crippen LogP contribution in [0.15, 0.2) is 24.3 Å². The molecule has 0 aromatic heterocycles. The molecule has 0 heterocycles. The second-order valence-corrected chi connectivity index (χ2v) is 7.40. The lowest BCUT2D eigenvalue weighted by Gasteiger charge is -2.34. The number of hydrogen-bond donors (Lipinski definition) is 0. The summed E-state index contributed by atoms with van der Waals surface area (Å²) >= 11 is 18.4. The fourth-order valence-electron chi connectivity index (χ4n) is 2.21. The van der Waals surface area contributed by atoms with Crippen molar-refractivity contribution in [3.05, 3.63) is 29.8 Å². The highest BCUT2D eigenvalue weighted by Crippen LogP contribution is 2.30. The van der Waals surface area contributed by atoms with Crippen LogP contribution in [0.5, 0.6) is 5.75 Å². The van der Waals surface area contributed by atoms with E-state index in [1.54, 1.807) is 12.1 Å². The Balaban J connectivity index is 3.14. The van der Waals surface area contributed by atoms with Crippen molar-refractivity contribution in [2.24, 2.45) is 0 Å². The molecule has 0 saturated heterocycles. The van der Waals surface area contributed by atoms with E-state index in [0.29, 0.717) is 25.0 Å². The normalized spacial score (nSPS) is 17.2. The summed E-state index contributed by atoms with van der Waals surface area (Å²) in [6, 6.07) is 7.29. The van der Waals surface area contributed by atoms with E-state index >= 15 is 0 Å². The van der Waals surface area contributed by atoms with Crippen LogP contribution in [0, 0.1) is 0 Å². The first kappa shape index (κ1) is 23.5. The molecule has 0 bridgehead atoms. The van der Waals surface area contributed by atoms with E-state index in [4.69, 9.17) is 49.0 Å². The third-order valence-electron chi connectivity index (χ3n) is 3.74. The van der Waals surface area contributed by atoms with Gasteiger partial charge in [-0.1, -0.05) is 67.7 Å². The number of Topliss-reactive ketones (excluding diaryl/α,β-unsaturated/α-hetero) is 1. The number of carbonyl (C=O) groups excluding carboxylic acids is 1. The minimum Gasteiger partial charge on any atom is -0.475 e. The van der Waals surface area contributed by atoms with Crippen LogP contribution in [0.3, 0.4) is 0 Å². The van der Waals surface area contributed by atoms with E-state index in [-0.39, 0.29) is 12.2 Å². The molecule has 0 spiro atoms. The molecule has 0 aliphatic carbocycles. The van der Waals surface area contributed by atoms with Gasteiger partial charge >= 0.3 is 0 Å². The third kappa shape index (κ3) is 7.24. The number of hydrogen-bond acceptors (Lipinski definition) is 4. The Bertz CT molecular complexity index is 555. The fourth-order valence-corrected chi connectivity index (χ4v) is 2.60. The van der Waals surface area contributed by atoms with Gasteiger partial charge in [-0.3, -0.25) is 4.79 Å². The highest BCUT2D eigenvalue weighted by Gasteiger charge is 2.42. The standard InChI is InChI=1S/C19H27Cl3O4/c1-5-16(20)24-15-10-8-9-14(11-15)12-19(13(4)23,25-17(21)6-2)26-18(22)7-3/h8-11,16-18H,5-7,12H2,1-4H3. The van der Waals surface area contributed by atoms with Crippen molar-refractivity contribution in [2.75, 3.05) is 0 Å². The van der Waals surface area contributed by atoms with E-state index in [0.717, 1.165) is 5.56 Å². The first-order valence-electron chi connectivity index (χ1n) is 8.80. The van der Waals surface area contributed by atoms with Gasteiger partial charge < -0.3 is 14.2 Å². The summed E-state index contributed by atoms with van der Waals surface area (Å²) in [6.07, 6.45) is 1.87. The summed E-state index contributed by atoms with van der Waals surface area (Å²) in [7, 11) is 0. The molecule has 0 saturated carbocycles. The lowest BCUT2D eigenvalue weighted by molar-refractivity contribution is -0.240. The van der Waals surface area contributed by atoms with Crippen molar-refractivity contribution >= 4 is 40.6 Å². The van der Waals surface area contributed by atoms with Crippen molar-refractivity contribution in [1.29, 1.82) is 0 Å². The SMILES string of the molecule is CCC(Cl)Oc1cccc(CC(OC(Cl)CC)(OC(Cl)CC)C(C)=O)c1. The maximum Gasteiger partial charge on any atom is 0.235 e. The number of rotatable bonds is 12. The molecule has 0 N–H and O–H groups in total. The Labute approximate surface area is 171 Å². The van der Waals surface area contributed by atoms with Crippen LogP contribution >= 0.6 is 34.8 Å². The van der Waals surface area contributed by atoms with Crippen molar-refractivity contribution < 1.29 is 19.0 Å². The van der Waals surface area contributed by atoms with Crippen molar-refractivity contribution in [1.82, 2.24) is 0 Å². The third-order valence-corrected chi connectivity index (χ3v) is 4.93. The average Bonchev–Trinajstić information content (AvgIpc) is 2.61. The molecule has 0 aliphatic rings. The summed E-state index contributed by atoms with van der Waals surface area (Å²) in [5.74, 6) is -1.25. The predicted molar refractivity (Wildman–Crippen MR) is 106 cm³/mol. The minimum absolute atomic E-state index is 0.158. The van der Waals surface area contributed by atoms with Gasteiger partial charge in [-0.15, -0.1) is 0 Å². The molecule has 148 valence electrons. The molecule has 0 fully saturated rings. The zero-order valence-electron chi connectivity index (χ0n) is 15.6. The molecular weight excluding hydrogens is 399 g/mol. The molecule has 0 radical (unpaired) electrons. The molecule has 3 unspecified atom stereocenters. The summed E-state index contributed by atoms with van der Waals surface area (Å²) < 4.78 is 17.2. The topological polar surface area (TPSA) is 44.8 Å². The fraction of sp³-hybridized carbons (Fsp3) is 0.632. The summed E-state index contributed by atoms with van der Waals surface area (Å²) in [5.41, 5.74) is -0.981. The number of ether oxygens (including phenoxy) is 3. The Kier molecular flexibility index (Phi) is 10.3. The van der Waals surface area contributed by atoms with Crippen LogP contribution in [-0.4, -0.2) is 28.3 Å². The zero-order valence-corrected chi connectivity index (χ0v) is 17.9. The molecule has 4 nitrogen and oxygen atoms in total. The van der Waals surface area contributed by atoms with Crippen molar-refractivity contribution in [2.45, 2.75) is 75.9 Å². The van der Waals surface area contributed by atoms with Crippen LogP contribution < -0.4 is 4.74 Å². The van der Waals surface area contributed by atoms with Gasteiger partial charge in [-0.05, 0) is 37.0 Å². The molecule has 26 heavy (non-hydrogen) atoms. The number of carbonyl (C=O) groups is 1. The maximum atomic E-state index is 12.5. The van der Waals surface area contributed by atoms with E-state index in [1.807, 2.05) is 32.9 Å². The highest BCUT2D eigenvalue weighted by atomic mass is 35.5. The largest absolute Gasteiger partial charge is 0.475 e. The molecule has 7 heteroatoms. The van der Waals surface area contributed by atoms with Gasteiger partial charge in [-0.2, -0.15) is 0 Å². The Morgan fingerprint density at radius 1 is 1.00 bits per heavy atom. The van der Waals surface area contributed by atoms with Gasteiger partial charge in [-0.25, -0.2) is 0 Å². The maximum absolute atomic E-state index is 12.5. The molecule has 3 atom stereocenters. The minimum atomic E-state index is -1.56. The van der Waals surface area contributed by atoms with E-state index in [1.165, 1.54) is 6.92 Å².